The lowest BCUT2D eigenvalue weighted by atomic mass is 10.3. The third kappa shape index (κ3) is 4.06. The first kappa shape index (κ1) is 13.5. The predicted molar refractivity (Wildman–Crippen MR) is 74.7 cm³/mol. The highest BCUT2D eigenvalue weighted by molar-refractivity contribution is 9.10. The Morgan fingerprint density at radius 3 is 2.53 bits per heavy atom. The van der Waals surface area contributed by atoms with E-state index in [0.29, 0.717) is 11.4 Å². The van der Waals surface area contributed by atoms with Crippen LogP contribution < -0.4 is 10.1 Å². The van der Waals surface area contributed by atoms with Gasteiger partial charge in [-0.15, -0.1) is 0 Å². The van der Waals surface area contributed by atoms with Crippen molar-refractivity contribution >= 4 is 27.5 Å². The van der Waals surface area contributed by atoms with E-state index in [1.54, 1.807) is 6.07 Å². The molecular weight excluding hydrogens is 313 g/mol. The molecule has 0 radical (unpaired) electrons. The molecular formula is C14H11BrFNO2. The van der Waals surface area contributed by atoms with E-state index < -0.39 is 0 Å². The average molecular weight is 324 g/mol. The maximum Gasteiger partial charge on any atom is 0.262 e. The molecule has 3 nitrogen and oxygen atoms in total. The van der Waals surface area contributed by atoms with Gasteiger partial charge >= 0.3 is 0 Å². The average Bonchev–Trinajstić information content (AvgIpc) is 2.40. The number of nitrogens with one attached hydrogen (secondary N) is 1. The van der Waals surface area contributed by atoms with Gasteiger partial charge in [0.2, 0.25) is 0 Å². The van der Waals surface area contributed by atoms with E-state index in [9.17, 15) is 9.18 Å². The highest BCUT2D eigenvalue weighted by atomic mass is 79.9. The Kier molecular flexibility index (Phi) is 4.52. The van der Waals surface area contributed by atoms with E-state index in [0.717, 1.165) is 4.47 Å². The van der Waals surface area contributed by atoms with Crippen molar-refractivity contribution < 1.29 is 13.9 Å². The van der Waals surface area contributed by atoms with Crippen LogP contribution in [0.1, 0.15) is 0 Å². The normalized spacial score (nSPS) is 10.0. The number of ether oxygens (including phenoxy) is 1. The summed E-state index contributed by atoms with van der Waals surface area (Å²) in [5.74, 6) is -0.0541. The van der Waals surface area contributed by atoms with Crippen molar-refractivity contribution in [2.45, 2.75) is 0 Å². The molecule has 19 heavy (non-hydrogen) atoms. The molecule has 0 heterocycles. The summed E-state index contributed by atoms with van der Waals surface area (Å²) in [6.45, 7) is -0.111. The topological polar surface area (TPSA) is 38.3 Å². The zero-order valence-electron chi connectivity index (χ0n) is 9.90. The highest BCUT2D eigenvalue weighted by Crippen LogP contribution is 2.23. The van der Waals surface area contributed by atoms with Crippen LogP contribution in [-0.4, -0.2) is 12.5 Å². The third-order valence-corrected chi connectivity index (χ3v) is 2.98. The van der Waals surface area contributed by atoms with Crippen LogP contribution in [0.5, 0.6) is 5.75 Å². The quantitative estimate of drug-likeness (QED) is 0.933. The predicted octanol–water partition coefficient (Wildman–Crippen LogP) is 3.61. The molecule has 5 heteroatoms. The summed E-state index contributed by atoms with van der Waals surface area (Å²) in [7, 11) is 0. The monoisotopic (exact) mass is 323 g/mol. The summed E-state index contributed by atoms with van der Waals surface area (Å²) < 4.78 is 18.8. The van der Waals surface area contributed by atoms with E-state index in [4.69, 9.17) is 4.74 Å². The Balaban J connectivity index is 1.88. The van der Waals surface area contributed by atoms with Gasteiger partial charge in [-0.05, 0) is 52.3 Å². The number of benzene rings is 2. The van der Waals surface area contributed by atoms with Crippen LogP contribution in [0.15, 0.2) is 53.0 Å². The SMILES string of the molecule is O=C(COc1ccccc1Br)Nc1ccc(F)cc1. The van der Waals surface area contributed by atoms with Crippen LogP contribution in [-0.2, 0) is 4.79 Å². The molecule has 0 fully saturated rings. The lowest BCUT2D eigenvalue weighted by Crippen LogP contribution is -2.20. The molecule has 0 aliphatic carbocycles. The first-order valence-corrected chi connectivity index (χ1v) is 6.37. The number of amides is 1. The molecule has 0 bridgehead atoms. The van der Waals surface area contributed by atoms with Crippen molar-refractivity contribution in [1.29, 1.82) is 0 Å². The van der Waals surface area contributed by atoms with E-state index in [-0.39, 0.29) is 18.3 Å². The van der Waals surface area contributed by atoms with Crippen molar-refractivity contribution in [2.24, 2.45) is 0 Å². The summed E-state index contributed by atoms with van der Waals surface area (Å²) in [5.41, 5.74) is 0.530. The zero-order valence-corrected chi connectivity index (χ0v) is 11.5. The van der Waals surface area contributed by atoms with Crippen molar-refractivity contribution in [3.63, 3.8) is 0 Å². The molecule has 0 atom stereocenters. The Hall–Kier alpha value is -1.88. The number of carbonyl (C=O) groups is 1. The van der Waals surface area contributed by atoms with Crippen molar-refractivity contribution in [2.75, 3.05) is 11.9 Å². The van der Waals surface area contributed by atoms with Gasteiger partial charge in [0.1, 0.15) is 11.6 Å². The van der Waals surface area contributed by atoms with Gasteiger partial charge in [0.25, 0.3) is 5.91 Å². The highest BCUT2D eigenvalue weighted by Gasteiger charge is 2.05. The molecule has 0 aromatic heterocycles. The summed E-state index contributed by atoms with van der Waals surface area (Å²) in [6, 6.07) is 12.8. The van der Waals surface area contributed by atoms with Crippen LogP contribution in [0.25, 0.3) is 0 Å². The molecule has 1 N–H and O–H groups in total. The van der Waals surface area contributed by atoms with Gasteiger partial charge in [-0.25, -0.2) is 4.39 Å². The lowest BCUT2D eigenvalue weighted by Gasteiger charge is -2.08. The molecule has 0 aliphatic heterocycles. The number of carbonyl (C=O) groups excluding carboxylic acids is 1. The van der Waals surface area contributed by atoms with E-state index in [2.05, 4.69) is 21.2 Å². The molecule has 2 aromatic rings. The first-order chi connectivity index (χ1) is 9.15. The van der Waals surface area contributed by atoms with E-state index in [1.165, 1.54) is 24.3 Å². The van der Waals surface area contributed by atoms with Gasteiger partial charge in [0.05, 0.1) is 4.47 Å². The largest absolute Gasteiger partial charge is 0.483 e. The molecule has 0 saturated heterocycles. The number of anilines is 1. The number of halogens is 2. The smallest absolute Gasteiger partial charge is 0.262 e. The van der Waals surface area contributed by atoms with Gasteiger partial charge in [-0.3, -0.25) is 4.79 Å². The second-order valence-corrected chi connectivity index (χ2v) is 4.63. The maximum atomic E-state index is 12.7. The molecule has 0 aliphatic rings. The Morgan fingerprint density at radius 1 is 1.16 bits per heavy atom. The molecule has 0 spiro atoms. The minimum absolute atomic E-state index is 0.111. The van der Waals surface area contributed by atoms with Gasteiger partial charge in [0, 0.05) is 5.69 Å². The van der Waals surface area contributed by atoms with Crippen LogP contribution in [0, 0.1) is 5.82 Å². The van der Waals surface area contributed by atoms with Crippen LogP contribution in [0.4, 0.5) is 10.1 Å². The minimum atomic E-state index is -0.345. The van der Waals surface area contributed by atoms with Gasteiger partial charge in [0.15, 0.2) is 6.61 Å². The molecule has 98 valence electrons. The zero-order chi connectivity index (χ0) is 13.7. The summed E-state index contributed by atoms with van der Waals surface area (Å²) in [4.78, 5) is 11.6. The maximum absolute atomic E-state index is 12.7. The number of rotatable bonds is 4. The lowest BCUT2D eigenvalue weighted by molar-refractivity contribution is -0.118. The molecule has 2 aromatic carbocycles. The van der Waals surface area contributed by atoms with Crippen LogP contribution >= 0.6 is 15.9 Å². The first-order valence-electron chi connectivity index (χ1n) is 5.58. The molecule has 0 unspecified atom stereocenters. The van der Waals surface area contributed by atoms with Gasteiger partial charge in [-0.2, -0.15) is 0 Å². The van der Waals surface area contributed by atoms with Crippen LogP contribution in [0.2, 0.25) is 0 Å². The molecule has 0 saturated carbocycles. The minimum Gasteiger partial charge on any atom is -0.483 e. The number of para-hydroxylation sites is 1. The second-order valence-electron chi connectivity index (χ2n) is 3.77. The fraction of sp³-hybridized carbons (Fsp3) is 0.0714. The Bertz CT molecular complexity index is 572. The fourth-order valence-corrected chi connectivity index (χ4v) is 1.83. The standard InChI is InChI=1S/C14H11BrFNO2/c15-12-3-1-2-4-13(12)19-9-14(18)17-11-7-5-10(16)6-8-11/h1-8H,9H2,(H,17,18). The van der Waals surface area contributed by atoms with Gasteiger partial charge < -0.3 is 10.1 Å². The fourth-order valence-electron chi connectivity index (χ4n) is 1.44. The van der Waals surface area contributed by atoms with E-state index >= 15 is 0 Å². The summed E-state index contributed by atoms with van der Waals surface area (Å²) in [5, 5.41) is 2.61. The second kappa shape index (κ2) is 6.33. The van der Waals surface area contributed by atoms with E-state index in [1.807, 2.05) is 18.2 Å². The van der Waals surface area contributed by atoms with Crippen LogP contribution in [0.3, 0.4) is 0 Å². The Labute approximate surface area is 118 Å². The summed E-state index contributed by atoms with van der Waals surface area (Å²) >= 11 is 3.32. The van der Waals surface area contributed by atoms with Crippen molar-refractivity contribution in [1.82, 2.24) is 0 Å². The molecule has 2 rings (SSSR count). The number of hydrogen-bond donors (Lipinski definition) is 1. The van der Waals surface area contributed by atoms with Gasteiger partial charge in [-0.1, -0.05) is 12.1 Å². The van der Waals surface area contributed by atoms with Crippen molar-refractivity contribution in [3.05, 3.63) is 58.8 Å². The van der Waals surface area contributed by atoms with Crippen molar-refractivity contribution in [3.8, 4) is 5.75 Å². The number of hydrogen-bond acceptors (Lipinski definition) is 2. The Morgan fingerprint density at radius 2 is 1.84 bits per heavy atom. The third-order valence-electron chi connectivity index (χ3n) is 2.32. The molecule has 1 amide bonds. The summed E-state index contributed by atoms with van der Waals surface area (Å²) in [6.07, 6.45) is 0.